The van der Waals surface area contributed by atoms with Crippen LogP contribution in [0.25, 0.3) is 6.08 Å². The zero-order valence-corrected chi connectivity index (χ0v) is 14.5. The molecule has 132 valence electrons. The number of benzene rings is 1. The van der Waals surface area contributed by atoms with Crippen LogP contribution in [-0.4, -0.2) is 37.9 Å². The largest absolute Gasteiger partial charge is 0.497 e. The van der Waals surface area contributed by atoms with Crippen LogP contribution in [0, 0.1) is 0 Å². The van der Waals surface area contributed by atoms with Crippen molar-refractivity contribution in [2.24, 2.45) is 0 Å². The smallest absolute Gasteiger partial charge is 0.407 e. The molecule has 0 unspecified atom stereocenters. The van der Waals surface area contributed by atoms with Crippen molar-refractivity contribution in [3.63, 3.8) is 0 Å². The first-order valence-corrected chi connectivity index (χ1v) is 7.62. The van der Waals surface area contributed by atoms with Gasteiger partial charge in [-0.05, 0) is 44.5 Å². The van der Waals surface area contributed by atoms with Crippen molar-refractivity contribution in [1.82, 2.24) is 16.0 Å². The van der Waals surface area contributed by atoms with Gasteiger partial charge in [-0.2, -0.15) is 0 Å². The maximum Gasteiger partial charge on any atom is 0.407 e. The van der Waals surface area contributed by atoms with Gasteiger partial charge < -0.3 is 25.4 Å². The Labute approximate surface area is 142 Å². The fourth-order valence-corrected chi connectivity index (χ4v) is 1.66. The molecule has 1 rings (SSSR count). The van der Waals surface area contributed by atoms with Gasteiger partial charge in [0.2, 0.25) is 0 Å². The van der Waals surface area contributed by atoms with Crippen LogP contribution in [0.3, 0.4) is 0 Å². The van der Waals surface area contributed by atoms with Crippen molar-refractivity contribution >= 4 is 18.2 Å². The summed E-state index contributed by atoms with van der Waals surface area (Å²) in [5.41, 5.74) is 0.362. The number of ether oxygens (including phenoxy) is 2. The Morgan fingerprint density at radius 2 is 1.88 bits per heavy atom. The SMILES string of the molecule is COc1cccc(/C=C/NC(=O)NCCNC(=O)OC(C)(C)C)c1. The van der Waals surface area contributed by atoms with E-state index >= 15 is 0 Å². The van der Waals surface area contributed by atoms with E-state index in [-0.39, 0.29) is 19.1 Å². The molecule has 0 bridgehead atoms. The predicted molar refractivity (Wildman–Crippen MR) is 92.8 cm³/mol. The Morgan fingerprint density at radius 3 is 2.54 bits per heavy atom. The molecule has 0 spiro atoms. The number of carbonyl (C=O) groups excluding carboxylic acids is 2. The van der Waals surface area contributed by atoms with Crippen LogP contribution in [0.5, 0.6) is 5.75 Å². The van der Waals surface area contributed by atoms with Gasteiger partial charge in [-0.15, -0.1) is 0 Å². The Bertz CT molecular complexity index is 579. The molecule has 24 heavy (non-hydrogen) atoms. The molecule has 0 radical (unpaired) electrons. The van der Waals surface area contributed by atoms with Crippen LogP contribution in [0.4, 0.5) is 9.59 Å². The highest BCUT2D eigenvalue weighted by Gasteiger charge is 2.15. The van der Waals surface area contributed by atoms with Crippen molar-refractivity contribution < 1.29 is 19.1 Å². The molecule has 7 nitrogen and oxygen atoms in total. The predicted octanol–water partition coefficient (Wildman–Crippen LogP) is 2.49. The highest BCUT2D eigenvalue weighted by Crippen LogP contribution is 2.13. The van der Waals surface area contributed by atoms with Gasteiger partial charge in [-0.1, -0.05) is 12.1 Å². The fraction of sp³-hybridized carbons (Fsp3) is 0.412. The maximum absolute atomic E-state index is 11.6. The second-order valence-electron chi connectivity index (χ2n) is 5.94. The second kappa shape index (κ2) is 9.44. The standard InChI is InChI=1S/C17H25N3O4/c1-17(2,3)24-16(22)20-11-10-19-15(21)18-9-8-13-6-5-7-14(12-13)23-4/h5-9,12H,10-11H2,1-4H3,(H,20,22)(H2,18,19,21)/b9-8+. The molecule has 0 saturated carbocycles. The lowest BCUT2D eigenvalue weighted by atomic mass is 10.2. The number of hydrogen-bond donors (Lipinski definition) is 3. The van der Waals surface area contributed by atoms with Gasteiger partial charge in [0.1, 0.15) is 11.4 Å². The van der Waals surface area contributed by atoms with Crippen LogP contribution in [0.1, 0.15) is 26.3 Å². The molecule has 0 aliphatic carbocycles. The molecule has 3 N–H and O–H groups in total. The van der Waals surface area contributed by atoms with Crippen LogP contribution >= 0.6 is 0 Å². The molecule has 0 saturated heterocycles. The summed E-state index contributed by atoms with van der Waals surface area (Å²) in [5.74, 6) is 0.745. The number of carbonyl (C=O) groups is 2. The third kappa shape index (κ3) is 8.67. The quantitative estimate of drug-likeness (QED) is 0.697. The third-order valence-electron chi connectivity index (χ3n) is 2.66. The number of amides is 3. The summed E-state index contributed by atoms with van der Waals surface area (Å²) in [7, 11) is 1.60. The molecule has 0 fully saturated rings. The van der Waals surface area contributed by atoms with E-state index in [9.17, 15) is 9.59 Å². The van der Waals surface area contributed by atoms with E-state index < -0.39 is 11.7 Å². The first kappa shape index (κ1) is 19.3. The monoisotopic (exact) mass is 335 g/mol. The van der Waals surface area contributed by atoms with Crippen molar-refractivity contribution in [2.75, 3.05) is 20.2 Å². The number of alkyl carbamates (subject to hydrolysis) is 1. The van der Waals surface area contributed by atoms with E-state index in [0.717, 1.165) is 11.3 Å². The summed E-state index contributed by atoms with van der Waals surface area (Å²) < 4.78 is 10.2. The molecule has 3 amide bonds. The first-order chi connectivity index (χ1) is 11.3. The average Bonchev–Trinajstić information content (AvgIpc) is 2.50. The number of rotatable bonds is 6. The van der Waals surface area contributed by atoms with Crippen LogP contribution in [0.2, 0.25) is 0 Å². The van der Waals surface area contributed by atoms with E-state index in [0.29, 0.717) is 0 Å². The molecule has 0 aliphatic heterocycles. The fourth-order valence-electron chi connectivity index (χ4n) is 1.66. The normalized spacial score (nSPS) is 11.0. The Kier molecular flexibility index (Phi) is 7.61. The summed E-state index contributed by atoms with van der Waals surface area (Å²) in [5, 5.41) is 7.75. The lowest BCUT2D eigenvalue weighted by Gasteiger charge is -2.19. The minimum Gasteiger partial charge on any atom is -0.497 e. The molecular weight excluding hydrogens is 310 g/mol. The van der Waals surface area contributed by atoms with Gasteiger partial charge in [0.25, 0.3) is 0 Å². The van der Waals surface area contributed by atoms with E-state index in [1.807, 2.05) is 24.3 Å². The van der Waals surface area contributed by atoms with Gasteiger partial charge in [0.05, 0.1) is 7.11 Å². The second-order valence-corrected chi connectivity index (χ2v) is 5.94. The lowest BCUT2D eigenvalue weighted by Crippen LogP contribution is -2.40. The van der Waals surface area contributed by atoms with E-state index in [4.69, 9.17) is 9.47 Å². The number of urea groups is 1. The van der Waals surface area contributed by atoms with Gasteiger partial charge in [0.15, 0.2) is 0 Å². The summed E-state index contributed by atoms with van der Waals surface area (Å²) >= 11 is 0. The molecule has 0 aromatic heterocycles. The molecule has 0 heterocycles. The van der Waals surface area contributed by atoms with Gasteiger partial charge in [-0.25, -0.2) is 9.59 Å². The van der Waals surface area contributed by atoms with Crippen LogP contribution in [-0.2, 0) is 4.74 Å². The molecule has 1 aromatic carbocycles. The Balaban J connectivity index is 2.22. The zero-order chi connectivity index (χ0) is 18.0. The first-order valence-electron chi connectivity index (χ1n) is 7.62. The van der Waals surface area contributed by atoms with Gasteiger partial charge in [-0.3, -0.25) is 0 Å². The van der Waals surface area contributed by atoms with Gasteiger partial charge in [0, 0.05) is 19.3 Å². The minimum absolute atomic E-state index is 0.280. The molecule has 0 aliphatic rings. The van der Waals surface area contributed by atoms with Crippen LogP contribution < -0.4 is 20.7 Å². The average molecular weight is 335 g/mol. The number of hydrogen-bond acceptors (Lipinski definition) is 4. The van der Waals surface area contributed by atoms with Crippen LogP contribution in [0.15, 0.2) is 30.5 Å². The zero-order valence-electron chi connectivity index (χ0n) is 14.5. The highest BCUT2D eigenvalue weighted by atomic mass is 16.6. The third-order valence-corrected chi connectivity index (χ3v) is 2.66. The highest BCUT2D eigenvalue weighted by molar-refractivity contribution is 5.76. The van der Waals surface area contributed by atoms with E-state index in [1.54, 1.807) is 34.0 Å². The number of nitrogens with one attached hydrogen (secondary N) is 3. The Morgan fingerprint density at radius 1 is 1.17 bits per heavy atom. The van der Waals surface area contributed by atoms with Crippen molar-refractivity contribution in [3.05, 3.63) is 36.0 Å². The number of methoxy groups -OCH3 is 1. The lowest BCUT2D eigenvalue weighted by molar-refractivity contribution is 0.0528. The molecule has 1 aromatic rings. The van der Waals surface area contributed by atoms with Crippen molar-refractivity contribution in [1.29, 1.82) is 0 Å². The topological polar surface area (TPSA) is 88.7 Å². The van der Waals surface area contributed by atoms with Gasteiger partial charge >= 0.3 is 12.1 Å². The van der Waals surface area contributed by atoms with Crippen molar-refractivity contribution in [2.45, 2.75) is 26.4 Å². The molecule has 0 atom stereocenters. The van der Waals surface area contributed by atoms with E-state index in [2.05, 4.69) is 16.0 Å². The Hall–Kier alpha value is -2.70. The molecule has 7 heteroatoms. The summed E-state index contributed by atoms with van der Waals surface area (Å²) in [4.78, 5) is 23.0. The summed E-state index contributed by atoms with van der Waals surface area (Å²) in [6.45, 7) is 5.92. The summed E-state index contributed by atoms with van der Waals surface area (Å²) in [6.07, 6.45) is 2.77. The molecular formula is C17H25N3O4. The summed E-state index contributed by atoms with van der Waals surface area (Å²) in [6, 6.07) is 7.08. The van der Waals surface area contributed by atoms with Crippen molar-refractivity contribution in [3.8, 4) is 5.75 Å². The minimum atomic E-state index is -0.542. The maximum atomic E-state index is 11.6. The van der Waals surface area contributed by atoms with E-state index in [1.165, 1.54) is 6.20 Å².